The van der Waals surface area contributed by atoms with Crippen LogP contribution in [0.2, 0.25) is 0 Å². The summed E-state index contributed by atoms with van der Waals surface area (Å²) in [5.41, 5.74) is 7.09. The lowest BCUT2D eigenvalue weighted by Crippen LogP contribution is -2.21. The molecule has 0 spiro atoms. The van der Waals surface area contributed by atoms with Gasteiger partial charge in [0.1, 0.15) is 0 Å². The monoisotopic (exact) mass is 378 g/mol. The third kappa shape index (κ3) is 4.18. The highest BCUT2D eigenvalue weighted by Crippen LogP contribution is 2.28. The summed E-state index contributed by atoms with van der Waals surface area (Å²) in [5.74, 6) is -0.770. The number of nitrogens with two attached hydrogens (primary N) is 1. The molecule has 130 valence electrons. The van der Waals surface area contributed by atoms with Crippen LogP contribution in [-0.2, 0) is 30.5 Å². The normalized spacial score (nSPS) is 21.3. The smallest absolute Gasteiger partial charge is 0.249 e. The van der Waals surface area contributed by atoms with E-state index in [4.69, 9.17) is 26.3 Å². The van der Waals surface area contributed by atoms with Gasteiger partial charge in [-0.3, -0.25) is 9.78 Å². The fraction of sp³-hybridized carbons (Fsp3) is 0.176. The van der Waals surface area contributed by atoms with Gasteiger partial charge in [-0.05, 0) is 29.7 Å². The van der Waals surface area contributed by atoms with E-state index in [-0.39, 0.29) is 17.4 Å². The number of halogens is 1. The average molecular weight is 379 g/mol. The van der Waals surface area contributed by atoms with E-state index in [1.54, 1.807) is 36.7 Å². The van der Waals surface area contributed by atoms with E-state index in [1.165, 1.54) is 0 Å². The van der Waals surface area contributed by atoms with Crippen molar-refractivity contribution in [1.82, 2.24) is 4.98 Å². The van der Waals surface area contributed by atoms with Gasteiger partial charge in [0.25, 0.3) is 0 Å². The number of allylic oxidation sites excluding steroid dienone is 4. The Morgan fingerprint density at radius 1 is 1.40 bits per heavy atom. The fourth-order valence-corrected chi connectivity index (χ4v) is 3.34. The van der Waals surface area contributed by atoms with E-state index in [9.17, 15) is 9.00 Å². The number of ether oxygens (including phenoxy) is 1. The van der Waals surface area contributed by atoms with E-state index in [0.717, 1.165) is 5.56 Å². The largest absolute Gasteiger partial charge is 0.460 e. The number of pyridine rings is 1. The molecular weight excluding hydrogens is 364 g/mol. The maximum atomic E-state index is 12.5. The Labute approximate surface area is 152 Å². The summed E-state index contributed by atoms with van der Waals surface area (Å²) in [4.78, 5) is 16.5. The summed E-state index contributed by atoms with van der Waals surface area (Å²) in [6, 6.07) is 3.49. The molecule has 0 aromatic carbocycles. The van der Waals surface area contributed by atoms with Crippen LogP contribution >= 0.6 is 11.6 Å². The van der Waals surface area contributed by atoms with E-state index in [0.29, 0.717) is 17.0 Å². The SMILES string of the molecule is NC1=C(OS(=O)Cc2cccnc2)C(=O)C(C2=CCC=C(Cl)C=C2)O1. The van der Waals surface area contributed by atoms with Crippen molar-refractivity contribution < 1.29 is 17.9 Å². The first-order valence-corrected chi connectivity index (χ1v) is 9.07. The second-order valence-electron chi connectivity index (χ2n) is 5.31. The van der Waals surface area contributed by atoms with Crippen LogP contribution in [0.5, 0.6) is 0 Å². The van der Waals surface area contributed by atoms with Crippen molar-refractivity contribution in [1.29, 1.82) is 0 Å². The molecular formula is C17H15ClN2O4S. The minimum Gasteiger partial charge on any atom is -0.460 e. The summed E-state index contributed by atoms with van der Waals surface area (Å²) >= 11 is 4.16. The third-order valence-electron chi connectivity index (χ3n) is 3.52. The van der Waals surface area contributed by atoms with Gasteiger partial charge in [0.2, 0.25) is 28.5 Å². The number of carbonyl (C=O) groups is 1. The molecule has 3 rings (SSSR count). The van der Waals surface area contributed by atoms with Crippen LogP contribution in [0.1, 0.15) is 12.0 Å². The van der Waals surface area contributed by atoms with Crippen LogP contribution in [0.25, 0.3) is 0 Å². The summed E-state index contributed by atoms with van der Waals surface area (Å²) in [7, 11) is 0. The summed E-state index contributed by atoms with van der Waals surface area (Å²) in [6.07, 6.45) is 9.83. The number of Topliss-reactive ketones (excluding diaryl/α,β-unsaturated/α-hetero) is 1. The molecule has 8 heteroatoms. The Kier molecular flexibility index (Phi) is 5.35. The molecule has 2 aliphatic rings. The molecule has 2 unspecified atom stereocenters. The zero-order valence-electron chi connectivity index (χ0n) is 13.1. The maximum Gasteiger partial charge on any atom is 0.249 e. The van der Waals surface area contributed by atoms with Gasteiger partial charge in [0, 0.05) is 17.4 Å². The van der Waals surface area contributed by atoms with Crippen molar-refractivity contribution in [2.24, 2.45) is 5.73 Å². The lowest BCUT2D eigenvalue weighted by molar-refractivity contribution is -0.121. The Morgan fingerprint density at radius 3 is 3.00 bits per heavy atom. The molecule has 0 bridgehead atoms. The van der Waals surface area contributed by atoms with Crippen molar-refractivity contribution in [3.8, 4) is 0 Å². The van der Waals surface area contributed by atoms with Crippen LogP contribution < -0.4 is 5.73 Å². The number of hydrogen-bond acceptors (Lipinski definition) is 6. The van der Waals surface area contributed by atoms with Crippen LogP contribution in [0.15, 0.2) is 71.1 Å². The topological polar surface area (TPSA) is 91.5 Å². The Bertz CT molecular complexity index is 830. The highest BCUT2D eigenvalue weighted by atomic mass is 35.5. The molecule has 2 atom stereocenters. The summed E-state index contributed by atoms with van der Waals surface area (Å²) < 4.78 is 22.8. The standard InChI is InChI=1S/C17H15ClN2O4S/c18-13-5-1-4-12(6-7-13)15-14(21)16(17(19)23-15)24-25(22)10-11-3-2-8-20-9-11/h2-9,15H,1,10,19H2. The first-order valence-electron chi connectivity index (χ1n) is 7.44. The van der Waals surface area contributed by atoms with Gasteiger partial charge in [0.05, 0.1) is 5.75 Å². The lowest BCUT2D eigenvalue weighted by atomic mass is 10.0. The lowest BCUT2D eigenvalue weighted by Gasteiger charge is -2.10. The first kappa shape index (κ1) is 17.4. The van der Waals surface area contributed by atoms with Gasteiger partial charge in [-0.25, -0.2) is 4.21 Å². The Hall–Kier alpha value is -2.38. The number of hydrogen-bond donors (Lipinski definition) is 1. The van der Waals surface area contributed by atoms with Crippen molar-refractivity contribution in [2.75, 3.05) is 0 Å². The number of carbonyl (C=O) groups excluding carboxylic acids is 1. The van der Waals surface area contributed by atoms with Crippen molar-refractivity contribution in [2.45, 2.75) is 18.3 Å². The summed E-state index contributed by atoms with van der Waals surface area (Å²) in [6.45, 7) is 0. The quantitative estimate of drug-likeness (QED) is 0.845. The zero-order chi connectivity index (χ0) is 17.8. The number of nitrogens with zero attached hydrogens (tertiary/aromatic N) is 1. The molecule has 0 radical (unpaired) electrons. The van der Waals surface area contributed by atoms with Gasteiger partial charge in [-0.1, -0.05) is 35.9 Å². The molecule has 1 aliphatic heterocycles. The zero-order valence-corrected chi connectivity index (χ0v) is 14.6. The number of aromatic nitrogens is 1. The second-order valence-corrected chi connectivity index (χ2v) is 6.81. The van der Waals surface area contributed by atoms with Gasteiger partial charge in [-0.2, -0.15) is 0 Å². The minimum atomic E-state index is -1.78. The van der Waals surface area contributed by atoms with Gasteiger partial charge >= 0.3 is 0 Å². The molecule has 0 fully saturated rings. The molecule has 1 aromatic heterocycles. The third-order valence-corrected chi connectivity index (χ3v) is 4.72. The van der Waals surface area contributed by atoms with Crippen molar-refractivity contribution in [3.05, 3.63) is 76.6 Å². The molecule has 2 heterocycles. The van der Waals surface area contributed by atoms with Crippen molar-refractivity contribution >= 4 is 28.5 Å². The summed E-state index contributed by atoms with van der Waals surface area (Å²) in [5, 5.41) is 0.576. The van der Waals surface area contributed by atoms with E-state index < -0.39 is 23.0 Å². The van der Waals surface area contributed by atoms with Crippen LogP contribution in [-0.4, -0.2) is 21.1 Å². The molecule has 2 N–H and O–H groups in total. The molecule has 0 saturated carbocycles. The highest BCUT2D eigenvalue weighted by Gasteiger charge is 2.38. The van der Waals surface area contributed by atoms with Crippen LogP contribution in [0.4, 0.5) is 0 Å². The van der Waals surface area contributed by atoms with Gasteiger partial charge in [0.15, 0.2) is 6.10 Å². The highest BCUT2D eigenvalue weighted by molar-refractivity contribution is 7.79. The van der Waals surface area contributed by atoms with E-state index in [1.807, 2.05) is 12.2 Å². The predicted molar refractivity (Wildman–Crippen MR) is 94.0 cm³/mol. The van der Waals surface area contributed by atoms with Crippen molar-refractivity contribution in [3.63, 3.8) is 0 Å². The molecule has 1 aromatic rings. The van der Waals surface area contributed by atoms with Gasteiger partial charge in [-0.15, -0.1) is 0 Å². The molecule has 1 aliphatic carbocycles. The number of ketones is 1. The van der Waals surface area contributed by atoms with E-state index >= 15 is 0 Å². The Morgan fingerprint density at radius 2 is 2.24 bits per heavy atom. The van der Waals surface area contributed by atoms with E-state index in [2.05, 4.69) is 4.98 Å². The molecule has 0 saturated heterocycles. The predicted octanol–water partition coefficient (Wildman–Crippen LogP) is 2.37. The number of rotatable bonds is 5. The average Bonchev–Trinajstić information content (AvgIpc) is 2.76. The first-order chi connectivity index (χ1) is 12.0. The van der Waals surface area contributed by atoms with Crippen LogP contribution in [0.3, 0.4) is 0 Å². The molecule has 0 amide bonds. The van der Waals surface area contributed by atoms with Gasteiger partial charge < -0.3 is 14.7 Å². The maximum absolute atomic E-state index is 12.5. The van der Waals surface area contributed by atoms with Crippen LogP contribution in [0, 0.1) is 0 Å². The minimum absolute atomic E-state index is 0.0880. The molecule has 25 heavy (non-hydrogen) atoms. The molecule has 6 nitrogen and oxygen atoms in total. The Balaban J connectivity index is 1.68. The second kappa shape index (κ2) is 7.67. The fourth-order valence-electron chi connectivity index (χ4n) is 2.33.